The molecule has 2 aromatic rings. The Morgan fingerprint density at radius 3 is 2.18 bits per heavy atom. The van der Waals surface area contributed by atoms with Crippen LogP contribution in [0.25, 0.3) is 5.70 Å². The van der Waals surface area contributed by atoms with E-state index in [0.29, 0.717) is 31.7 Å². The summed E-state index contributed by atoms with van der Waals surface area (Å²) in [5.41, 5.74) is 0.819. The maximum atomic E-state index is 13.9. The van der Waals surface area contributed by atoms with E-state index in [0.717, 1.165) is 53.7 Å². The molecule has 0 radical (unpaired) electrons. The fourth-order valence-electron chi connectivity index (χ4n) is 3.26. The first-order valence-electron chi connectivity index (χ1n) is 11.1. The van der Waals surface area contributed by atoms with Gasteiger partial charge in [-0.1, -0.05) is 6.42 Å². The third kappa shape index (κ3) is 8.36. The van der Waals surface area contributed by atoms with Gasteiger partial charge in [0, 0.05) is 37.5 Å². The van der Waals surface area contributed by atoms with Crippen LogP contribution in [-0.2, 0) is 17.1 Å². The second kappa shape index (κ2) is 12.6. The first-order valence-corrected chi connectivity index (χ1v) is 11.1. The van der Waals surface area contributed by atoms with Gasteiger partial charge in [0.25, 0.3) is 0 Å². The molecule has 0 spiro atoms. The molecule has 0 bridgehead atoms. The van der Waals surface area contributed by atoms with Crippen molar-refractivity contribution in [3.8, 4) is 5.75 Å². The third-order valence-corrected chi connectivity index (χ3v) is 5.25. The molecule has 0 aliphatic carbocycles. The van der Waals surface area contributed by atoms with Crippen molar-refractivity contribution in [3.63, 3.8) is 0 Å². The second-order valence-corrected chi connectivity index (χ2v) is 8.14. The minimum absolute atomic E-state index is 0.0321. The van der Waals surface area contributed by atoms with E-state index in [9.17, 15) is 40.3 Å². The summed E-state index contributed by atoms with van der Waals surface area (Å²) in [6, 6.07) is 4.39. The molecule has 2 rings (SSSR count). The molecule has 208 valence electrons. The number of nitrogens with zero attached hydrogens (tertiary/aromatic N) is 2. The van der Waals surface area contributed by atoms with E-state index < -0.39 is 52.4 Å². The molecule has 4 N–H and O–H groups in total. The highest BCUT2D eigenvalue weighted by Crippen LogP contribution is 2.44. The monoisotopic (exact) mass is 550 g/mol. The molecule has 38 heavy (non-hydrogen) atoms. The van der Waals surface area contributed by atoms with Gasteiger partial charge in [0.05, 0.1) is 16.8 Å². The Bertz CT molecular complexity index is 1150. The fourth-order valence-corrected chi connectivity index (χ4v) is 3.26. The van der Waals surface area contributed by atoms with Crippen molar-refractivity contribution >= 4 is 23.8 Å². The molecule has 0 unspecified atom stereocenters. The van der Waals surface area contributed by atoms with Crippen LogP contribution in [0.5, 0.6) is 5.75 Å². The first-order chi connectivity index (χ1) is 17.6. The molecule has 1 amide bonds. The van der Waals surface area contributed by atoms with Crippen molar-refractivity contribution in [1.82, 2.24) is 5.01 Å². The van der Waals surface area contributed by atoms with Crippen LogP contribution in [0.15, 0.2) is 42.6 Å². The lowest BCUT2D eigenvalue weighted by molar-refractivity contribution is -0.143. The lowest BCUT2D eigenvalue weighted by Crippen LogP contribution is -2.31. The number of unbranched alkanes of at least 4 members (excludes halogenated alkanes) is 3. The van der Waals surface area contributed by atoms with Gasteiger partial charge in [-0.05, 0) is 49.2 Å². The SMILES string of the molecule is CN(C(=O)Oc1c(/C(N)=C/N(N)CCCCCC=O)cc(C(F)(F)F)cc1C(F)(F)F)c1ccc(F)cc1. The lowest BCUT2D eigenvalue weighted by atomic mass is 10.0. The number of ether oxygens (including phenoxy) is 1. The van der Waals surface area contributed by atoms with E-state index in [2.05, 4.69) is 0 Å². The minimum Gasteiger partial charge on any atom is -0.409 e. The number of amides is 1. The summed E-state index contributed by atoms with van der Waals surface area (Å²) in [6.45, 7) is 0.118. The van der Waals surface area contributed by atoms with Crippen molar-refractivity contribution in [2.75, 3.05) is 18.5 Å². The largest absolute Gasteiger partial charge is 0.420 e. The Kier molecular flexibility index (Phi) is 10.1. The first kappa shape index (κ1) is 30.4. The number of aldehydes is 1. The Morgan fingerprint density at radius 2 is 1.63 bits per heavy atom. The summed E-state index contributed by atoms with van der Waals surface area (Å²) < 4.78 is 100. The summed E-state index contributed by atoms with van der Waals surface area (Å²) in [6.07, 6.45) is -8.39. The van der Waals surface area contributed by atoms with E-state index >= 15 is 0 Å². The van der Waals surface area contributed by atoms with Gasteiger partial charge >= 0.3 is 18.4 Å². The molecule has 2 aromatic carbocycles. The number of alkyl halides is 6. The molecule has 0 aliphatic rings. The molecule has 0 saturated carbocycles. The smallest absolute Gasteiger partial charge is 0.409 e. The number of benzene rings is 2. The number of rotatable bonds is 10. The van der Waals surface area contributed by atoms with Crippen molar-refractivity contribution in [2.24, 2.45) is 11.6 Å². The van der Waals surface area contributed by atoms with E-state index in [4.69, 9.17) is 16.3 Å². The van der Waals surface area contributed by atoms with Crippen molar-refractivity contribution < 1.29 is 45.1 Å². The van der Waals surface area contributed by atoms with Gasteiger partial charge in [-0.15, -0.1) is 0 Å². The molecule has 0 atom stereocenters. The molecular formula is C24H25F7N4O3. The Balaban J connectivity index is 2.53. The molecule has 0 fully saturated rings. The summed E-state index contributed by atoms with van der Waals surface area (Å²) in [5.74, 6) is 3.87. The summed E-state index contributed by atoms with van der Waals surface area (Å²) in [7, 11) is 1.11. The van der Waals surface area contributed by atoms with E-state index in [1.165, 1.54) is 0 Å². The van der Waals surface area contributed by atoms with Crippen LogP contribution in [0.1, 0.15) is 42.4 Å². The standard InChI is InChI=1S/C24H25F7N4O3/c1-34(17-8-6-16(25)7-9-17)22(37)38-21-18(20(32)14-35(33)10-4-2-3-5-11-36)12-15(23(26,27)28)13-19(21)24(29,30)31/h6-9,11-14H,2-5,10,32-33H2,1H3/b20-14-. The zero-order valence-corrected chi connectivity index (χ0v) is 20.1. The van der Waals surface area contributed by atoms with Crippen molar-refractivity contribution in [2.45, 2.75) is 38.0 Å². The molecular weight excluding hydrogens is 525 g/mol. The van der Waals surface area contributed by atoms with Crippen LogP contribution >= 0.6 is 0 Å². The average Bonchev–Trinajstić information content (AvgIpc) is 2.82. The van der Waals surface area contributed by atoms with Crippen LogP contribution in [0.4, 0.5) is 41.2 Å². The van der Waals surface area contributed by atoms with Crippen molar-refractivity contribution in [3.05, 3.63) is 65.1 Å². The van der Waals surface area contributed by atoms with Gasteiger partial charge in [0.1, 0.15) is 12.1 Å². The Morgan fingerprint density at radius 1 is 1.00 bits per heavy atom. The zero-order chi connectivity index (χ0) is 28.7. The number of carbonyl (C=O) groups is 2. The number of hydrazine groups is 1. The summed E-state index contributed by atoms with van der Waals surface area (Å²) >= 11 is 0. The van der Waals surface area contributed by atoms with Crippen LogP contribution in [0.3, 0.4) is 0 Å². The lowest BCUT2D eigenvalue weighted by Gasteiger charge is -2.23. The highest BCUT2D eigenvalue weighted by molar-refractivity contribution is 5.89. The number of carbonyl (C=O) groups excluding carboxylic acids is 2. The van der Waals surface area contributed by atoms with Gasteiger partial charge in [0.2, 0.25) is 0 Å². The molecule has 14 heteroatoms. The normalized spacial score (nSPS) is 12.3. The molecule has 0 saturated heterocycles. The van der Waals surface area contributed by atoms with Gasteiger partial charge in [-0.3, -0.25) is 4.90 Å². The number of anilines is 1. The predicted octanol–water partition coefficient (Wildman–Crippen LogP) is 5.69. The molecule has 0 aliphatic heterocycles. The molecule has 0 heterocycles. The van der Waals surface area contributed by atoms with Crippen LogP contribution < -0.4 is 21.2 Å². The Hall–Kier alpha value is -3.81. The highest BCUT2D eigenvalue weighted by Gasteiger charge is 2.41. The zero-order valence-electron chi connectivity index (χ0n) is 20.1. The van der Waals surface area contributed by atoms with Gasteiger partial charge in [-0.25, -0.2) is 15.0 Å². The summed E-state index contributed by atoms with van der Waals surface area (Å²) in [4.78, 5) is 23.8. The summed E-state index contributed by atoms with van der Waals surface area (Å²) in [5, 5.41) is 0.958. The van der Waals surface area contributed by atoms with E-state index in [-0.39, 0.29) is 18.3 Å². The number of hydrogen-bond acceptors (Lipinski definition) is 6. The topological polar surface area (TPSA) is 102 Å². The molecule has 7 nitrogen and oxygen atoms in total. The fraction of sp³-hybridized carbons (Fsp3) is 0.333. The third-order valence-electron chi connectivity index (χ3n) is 5.25. The average molecular weight is 550 g/mol. The quantitative estimate of drug-likeness (QED) is 0.130. The van der Waals surface area contributed by atoms with Crippen LogP contribution in [0.2, 0.25) is 0 Å². The van der Waals surface area contributed by atoms with E-state index in [1.54, 1.807) is 0 Å². The molecule has 0 aromatic heterocycles. The van der Waals surface area contributed by atoms with Crippen LogP contribution in [-0.4, -0.2) is 31.0 Å². The number of nitrogens with two attached hydrogens (primary N) is 2. The van der Waals surface area contributed by atoms with Gasteiger partial charge in [-0.2, -0.15) is 26.3 Å². The second-order valence-electron chi connectivity index (χ2n) is 8.14. The van der Waals surface area contributed by atoms with Gasteiger partial charge < -0.3 is 20.3 Å². The van der Waals surface area contributed by atoms with E-state index in [1.807, 2.05) is 0 Å². The maximum absolute atomic E-state index is 13.9. The Labute approximate surface area is 213 Å². The van der Waals surface area contributed by atoms with Crippen molar-refractivity contribution in [1.29, 1.82) is 0 Å². The highest BCUT2D eigenvalue weighted by atomic mass is 19.4. The maximum Gasteiger partial charge on any atom is 0.420 e. The van der Waals surface area contributed by atoms with Crippen LogP contribution in [0, 0.1) is 5.82 Å². The number of hydrogen-bond donors (Lipinski definition) is 2. The number of halogens is 7. The minimum atomic E-state index is -5.37. The predicted molar refractivity (Wildman–Crippen MR) is 125 cm³/mol. The van der Waals surface area contributed by atoms with Gasteiger partial charge in [0.15, 0.2) is 5.75 Å².